The summed E-state index contributed by atoms with van der Waals surface area (Å²) in [5, 5.41) is 18.2. The third-order valence-electron chi connectivity index (χ3n) is 6.89. The largest absolute Gasteiger partial charge is 0.493 e. The lowest BCUT2D eigenvalue weighted by molar-refractivity contribution is 0.265. The molecule has 11 heteroatoms. The Balaban J connectivity index is 1.52. The van der Waals surface area contributed by atoms with Crippen LogP contribution in [0.3, 0.4) is 0 Å². The zero-order valence-electron chi connectivity index (χ0n) is 22.8. The number of nitrogens with one attached hydrogen (secondary N) is 1. The summed E-state index contributed by atoms with van der Waals surface area (Å²) >= 11 is 0. The molecule has 1 atom stereocenters. The van der Waals surface area contributed by atoms with Crippen molar-refractivity contribution in [1.82, 2.24) is 24.1 Å². The Hall–Kier alpha value is -4.25. The normalized spacial score (nSPS) is 15.4. The van der Waals surface area contributed by atoms with Gasteiger partial charge in [0.25, 0.3) is 0 Å². The summed E-state index contributed by atoms with van der Waals surface area (Å²) in [5.74, 6) is 3.45. The number of allylic oxidation sites excluding steroid dienone is 1. The van der Waals surface area contributed by atoms with Gasteiger partial charge >= 0.3 is 0 Å². The van der Waals surface area contributed by atoms with Crippen LogP contribution in [0, 0.1) is 0 Å². The van der Waals surface area contributed by atoms with Gasteiger partial charge in [-0.1, -0.05) is 19.4 Å². The molecule has 1 fully saturated rings. The van der Waals surface area contributed by atoms with Crippen molar-refractivity contribution in [2.75, 3.05) is 44.7 Å². The van der Waals surface area contributed by atoms with Gasteiger partial charge in [0.15, 0.2) is 17.3 Å². The number of methoxy groups -OCH3 is 3. The number of fused-ring (bicyclic) bond motifs is 1. The second kappa shape index (κ2) is 11.6. The van der Waals surface area contributed by atoms with Crippen molar-refractivity contribution in [2.24, 2.45) is 0 Å². The highest BCUT2D eigenvalue weighted by Crippen LogP contribution is 2.39. The number of ether oxygens (including phenoxy) is 3. The lowest BCUT2D eigenvalue weighted by atomic mass is 10.2. The van der Waals surface area contributed by atoms with Crippen LogP contribution in [-0.4, -0.2) is 69.8 Å². The highest BCUT2D eigenvalue weighted by molar-refractivity contribution is 5.75. The van der Waals surface area contributed by atoms with Crippen LogP contribution in [0.15, 0.2) is 42.9 Å². The first kappa shape index (κ1) is 26.4. The van der Waals surface area contributed by atoms with Gasteiger partial charge in [-0.3, -0.25) is 0 Å². The summed E-state index contributed by atoms with van der Waals surface area (Å²) in [5.41, 5.74) is 2.59. The predicted octanol–water partition coefficient (Wildman–Crippen LogP) is 4.46. The number of aliphatic hydroxyl groups is 1. The average molecular weight is 534 g/mol. The van der Waals surface area contributed by atoms with Gasteiger partial charge in [0.2, 0.25) is 11.7 Å². The van der Waals surface area contributed by atoms with Crippen molar-refractivity contribution in [1.29, 1.82) is 0 Å². The number of benzene rings is 1. The van der Waals surface area contributed by atoms with Crippen LogP contribution < -0.4 is 24.4 Å². The molecule has 39 heavy (non-hydrogen) atoms. The van der Waals surface area contributed by atoms with Crippen molar-refractivity contribution in [3.8, 4) is 22.9 Å². The van der Waals surface area contributed by atoms with Crippen LogP contribution in [0.5, 0.6) is 17.2 Å². The lowest BCUT2D eigenvalue weighted by Gasteiger charge is -2.23. The summed E-state index contributed by atoms with van der Waals surface area (Å²) in [6.45, 7) is 3.02. The number of hydrogen-bond acceptors (Lipinski definition) is 9. The molecular formula is C28H35N7O4. The number of anilines is 3. The third-order valence-corrected chi connectivity index (χ3v) is 6.89. The van der Waals surface area contributed by atoms with Crippen LogP contribution in [0.25, 0.3) is 17.3 Å². The summed E-state index contributed by atoms with van der Waals surface area (Å²) in [6, 6.07) is 7.76. The topological polar surface area (TPSA) is 111 Å². The predicted molar refractivity (Wildman–Crippen MR) is 151 cm³/mol. The van der Waals surface area contributed by atoms with Gasteiger partial charge in [0.05, 0.1) is 51.6 Å². The van der Waals surface area contributed by atoms with E-state index in [4.69, 9.17) is 24.3 Å². The lowest BCUT2D eigenvalue weighted by Crippen LogP contribution is -2.34. The van der Waals surface area contributed by atoms with Crippen LogP contribution in [-0.2, 0) is 0 Å². The second-order valence-corrected chi connectivity index (χ2v) is 9.35. The molecule has 1 aliphatic rings. The fourth-order valence-corrected chi connectivity index (χ4v) is 4.87. The molecular weight excluding hydrogens is 498 g/mol. The summed E-state index contributed by atoms with van der Waals surface area (Å²) in [6.07, 6.45) is 11.8. The van der Waals surface area contributed by atoms with Gasteiger partial charge in [0, 0.05) is 18.7 Å². The van der Waals surface area contributed by atoms with Crippen molar-refractivity contribution >= 4 is 29.2 Å². The van der Waals surface area contributed by atoms with E-state index in [0.29, 0.717) is 34.8 Å². The minimum atomic E-state index is 0.00388. The standard InChI is InChI=1S/C28H35N7O4/c1-5-6-7-9-19-11-12-22-27(31-28(32-35(19)22)34-13-8-10-20(34)17-36)30-25-16-33(18-29-25)21-14-23(37-2)26(39-4)24(15-21)38-3/h7,9,11-12,14-16,18,20,36H,5-6,8,10,13,17H2,1-4H3,(H,30,31,32). The van der Waals surface area contributed by atoms with E-state index in [1.54, 1.807) is 27.7 Å². The van der Waals surface area contributed by atoms with E-state index in [9.17, 15) is 5.11 Å². The SMILES string of the molecule is CCCC=Cc1ccc2c(Nc3cn(-c4cc(OC)c(OC)c(OC)c4)cn3)nc(N3CCCC3CO)nn12. The van der Waals surface area contributed by atoms with E-state index in [2.05, 4.69) is 34.3 Å². The Labute approximate surface area is 227 Å². The Bertz CT molecular complexity index is 1440. The molecule has 1 aromatic carbocycles. The third kappa shape index (κ3) is 5.22. The number of aromatic nitrogens is 5. The first-order valence-corrected chi connectivity index (χ1v) is 13.1. The molecule has 206 valence electrons. The Kier molecular flexibility index (Phi) is 7.87. The minimum absolute atomic E-state index is 0.00388. The maximum atomic E-state index is 9.92. The molecule has 1 unspecified atom stereocenters. The molecule has 0 aliphatic carbocycles. The maximum absolute atomic E-state index is 9.92. The Morgan fingerprint density at radius 2 is 1.92 bits per heavy atom. The van der Waals surface area contributed by atoms with Gasteiger partial charge in [-0.25, -0.2) is 9.50 Å². The number of rotatable bonds is 11. The molecule has 0 spiro atoms. The molecule has 0 saturated carbocycles. The van der Waals surface area contributed by atoms with Gasteiger partial charge in [-0.2, -0.15) is 4.98 Å². The number of aliphatic hydroxyl groups excluding tert-OH is 1. The van der Waals surface area contributed by atoms with Crippen LogP contribution >= 0.6 is 0 Å². The van der Waals surface area contributed by atoms with Crippen molar-refractivity contribution in [3.63, 3.8) is 0 Å². The number of hydrogen-bond donors (Lipinski definition) is 2. The molecule has 0 radical (unpaired) electrons. The fraction of sp³-hybridized carbons (Fsp3) is 0.393. The summed E-state index contributed by atoms with van der Waals surface area (Å²) < 4.78 is 20.2. The molecule has 4 heterocycles. The van der Waals surface area contributed by atoms with E-state index < -0.39 is 0 Å². The number of nitrogens with zero attached hydrogens (tertiary/aromatic N) is 6. The second-order valence-electron chi connectivity index (χ2n) is 9.35. The zero-order chi connectivity index (χ0) is 27.4. The fourth-order valence-electron chi connectivity index (χ4n) is 4.87. The van der Waals surface area contributed by atoms with Gasteiger partial charge in [0.1, 0.15) is 17.7 Å². The van der Waals surface area contributed by atoms with Crippen molar-refractivity contribution in [2.45, 2.75) is 38.6 Å². The highest BCUT2D eigenvalue weighted by atomic mass is 16.5. The number of imidazole rings is 1. The quantitative estimate of drug-likeness (QED) is 0.289. The van der Waals surface area contributed by atoms with E-state index in [1.165, 1.54) is 0 Å². The van der Waals surface area contributed by atoms with E-state index >= 15 is 0 Å². The molecule has 4 aromatic rings. The smallest absolute Gasteiger partial charge is 0.245 e. The zero-order valence-corrected chi connectivity index (χ0v) is 22.8. The molecule has 0 bridgehead atoms. The van der Waals surface area contributed by atoms with Crippen molar-refractivity contribution < 1.29 is 19.3 Å². The van der Waals surface area contributed by atoms with Gasteiger partial charge in [-0.15, -0.1) is 5.10 Å². The highest BCUT2D eigenvalue weighted by Gasteiger charge is 2.27. The average Bonchev–Trinajstić information content (AvgIpc) is 3.72. The van der Waals surface area contributed by atoms with Crippen molar-refractivity contribution in [3.05, 3.63) is 48.6 Å². The van der Waals surface area contributed by atoms with Gasteiger partial charge in [-0.05, 0) is 37.5 Å². The Morgan fingerprint density at radius 1 is 1.13 bits per heavy atom. The summed E-state index contributed by atoms with van der Waals surface area (Å²) in [7, 11) is 4.75. The number of unbranched alkanes of at least 4 members (excludes halogenated alkanes) is 1. The van der Waals surface area contributed by atoms with Gasteiger partial charge < -0.3 is 34.1 Å². The van der Waals surface area contributed by atoms with E-state index in [1.807, 2.05) is 39.5 Å². The van der Waals surface area contributed by atoms with E-state index in [0.717, 1.165) is 49.1 Å². The molecule has 11 nitrogen and oxygen atoms in total. The van der Waals surface area contributed by atoms with Crippen LogP contribution in [0.2, 0.25) is 0 Å². The molecule has 2 N–H and O–H groups in total. The minimum Gasteiger partial charge on any atom is -0.493 e. The molecule has 5 rings (SSSR count). The molecule has 3 aromatic heterocycles. The van der Waals surface area contributed by atoms with E-state index in [-0.39, 0.29) is 12.6 Å². The first-order chi connectivity index (χ1) is 19.1. The van der Waals surface area contributed by atoms with Crippen LogP contribution in [0.4, 0.5) is 17.6 Å². The summed E-state index contributed by atoms with van der Waals surface area (Å²) in [4.78, 5) is 11.5. The first-order valence-electron chi connectivity index (χ1n) is 13.1. The molecule has 0 amide bonds. The maximum Gasteiger partial charge on any atom is 0.245 e. The monoisotopic (exact) mass is 533 g/mol. The van der Waals surface area contributed by atoms with Crippen LogP contribution in [0.1, 0.15) is 38.3 Å². The molecule has 1 aliphatic heterocycles. The molecule has 1 saturated heterocycles. The Morgan fingerprint density at radius 3 is 2.62 bits per heavy atom.